The van der Waals surface area contributed by atoms with Gasteiger partial charge in [0, 0.05) is 12.4 Å². The Bertz CT molecular complexity index is 169. The Kier molecular flexibility index (Phi) is 21.0. The Hall–Kier alpha value is 0.500. The molecule has 0 aromatic heterocycles. The van der Waals surface area contributed by atoms with Gasteiger partial charge >= 0.3 is 0 Å². The van der Waals surface area contributed by atoms with E-state index >= 15 is 0 Å². The number of thiol groups is 2. The molecule has 0 rings (SSSR count). The Morgan fingerprint density at radius 3 is 1.14 bits per heavy atom. The minimum absolute atomic E-state index is 0.580. The highest BCUT2D eigenvalue weighted by Crippen LogP contribution is 1.92. The number of rotatable bonds is 18. The molecule has 7 heteroatoms. The van der Waals surface area contributed by atoms with E-state index in [9.17, 15) is 0 Å². The minimum atomic E-state index is 0.580. The van der Waals surface area contributed by atoms with Gasteiger partial charge in [0.2, 0.25) is 0 Å². The van der Waals surface area contributed by atoms with E-state index in [-0.39, 0.29) is 0 Å². The van der Waals surface area contributed by atoms with Gasteiger partial charge in [-0.1, -0.05) is 0 Å². The van der Waals surface area contributed by atoms with Gasteiger partial charge in [0.05, 0.1) is 59.5 Å². The van der Waals surface area contributed by atoms with Gasteiger partial charge < -0.3 is 23.7 Å². The molecule has 0 aliphatic rings. The van der Waals surface area contributed by atoms with Crippen LogP contribution in [0.25, 0.3) is 0 Å². The van der Waals surface area contributed by atoms with E-state index in [1.54, 1.807) is 0 Å². The van der Waals surface area contributed by atoms with Crippen LogP contribution in [0, 0.1) is 0 Å². The van der Waals surface area contributed by atoms with Crippen molar-refractivity contribution >= 4 is 25.3 Å². The molecule has 0 heterocycles. The molecule has 0 atom stereocenters. The third-order valence-corrected chi connectivity index (χ3v) is 2.92. The third-order valence-electron chi connectivity index (χ3n) is 2.42. The summed E-state index contributed by atoms with van der Waals surface area (Å²) in [4.78, 5) is 0. The van der Waals surface area contributed by atoms with Crippen LogP contribution >= 0.6 is 25.3 Å². The maximum Gasteiger partial charge on any atom is 0.0701 e. The van der Waals surface area contributed by atoms with Crippen molar-refractivity contribution in [3.05, 3.63) is 0 Å². The number of hydrogen-bond acceptors (Lipinski definition) is 7. The lowest BCUT2D eigenvalue weighted by molar-refractivity contribution is -0.0102. The quantitative estimate of drug-likeness (QED) is 0.293. The van der Waals surface area contributed by atoms with E-state index < -0.39 is 0 Å². The van der Waals surface area contributed by atoms with E-state index in [1.165, 1.54) is 0 Å². The molecule has 0 bridgehead atoms. The van der Waals surface area contributed by atoms with Crippen LogP contribution in [0.15, 0.2) is 0 Å². The largest absolute Gasteiger partial charge is 0.379 e. The van der Waals surface area contributed by atoms with Gasteiger partial charge in [0.15, 0.2) is 0 Å². The van der Waals surface area contributed by atoms with E-state index in [0.29, 0.717) is 59.5 Å². The van der Waals surface area contributed by atoms with E-state index in [2.05, 4.69) is 25.3 Å². The zero-order chi connectivity index (χ0) is 15.4. The molecule has 0 radical (unpaired) electrons. The Labute approximate surface area is 139 Å². The fraction of sp³-hybridized carbons (Fsp3) is 1.00. The molecule has 0 aromatic rings. The summed E-state index contributed by atoms with van der Waals surface area (Å²) in [5.74, 6) is 1.66. The first-order chi connectivity index (χ1) is 10.4. The maximum absolute atomic E-state index is 5.40. The van der Waals surface area contributed by atoms with Crippen molar-refractivity contribution in [1.82, 2.24) is 0 Å². The summed E-state index contributed by atoms with van der Waals surface area (Å²) in [6.07, 6.45) is 2.16. The number of ether oxygens (including phenoxy) is 5. The van der Waals surface area contributed by atoms with Crippen LogP contribution in [-0.2, 0) is 23.7 Å². The molecule has 5 nitrogen and oxygen atoms in total. The molecule has 0 amide bonds. The molecule has 0 aliphatic heterocycles. The van der Waals surface area contributed by atoms with Crippen molar-refractivity contribution < 1.29 is 23.7 Å². The zero-order valence-corrected chi connectivity index (χ0v) is 14.6. The molecule has 0 saturated heterocycles. The van der Waals surface area contributed by atoms with Gasteiger partial charge in [0.25, 0.3) is 0 Å². The Balaban J connectivity index is 2.90. The first-order valence-corrected chi connectivity index (χ1v) is 8.78. The number of hydrogen-bond donors (Lipinski definition) is 2. The highest BCUT2D eigenvalue weighted by molar-refractivity contribution is 7.80. The summed E-state index contributed by atoms with van der Waals surface area (Å²) in [6.45, 7) is 6.24. The molecular weight excluding hydrogens is 312 g/mol. The smallest absolute Gasteiger partial charge is 0.0701 e. The van der Waals surface area contributed by atoms with Crippen LogP contribution < -0.4 is 0 Å². The summed E-state index contributed by atoms with van der Waals surface area (Å²) < 4.78 is 26.7. The minimum Gasteiger partial charge on any atom is -0.379 e. The van der Waals surface area contributed by atoms with Crippen molar-refractivity contribution in [2.75, 3.05) is 77.6 Å². The fourth-order valence-corrected chi connectivity index (χ4v) is 1.71. The SMILES string of the molecule is SCCCCOCCOCCOCCOCCOCCS. The zero-order valence-electron chi connectivity index (χ0n) is 12.8. The van der Waals surface area contributed by atoms with Crippen molar-refractivity contribution in [2.24, 2.45) is 0 Å². The molecule has 0 aliphatic carbocycles. The van der Waals surface area contributed by atoms with Crippen LogP contribution in [0.4, 0.5) is 0 Å². The van der Waals surface area contributed by atoms with Crippen molar-refractivity contribution in [2.45, 2.75) is 12.8 Å². The van der Waals surface area contributed by atoms with Gasteiger partial charge in [-0.3, -0.25) is 0 Å². The van der Waals surface area contributed by atoms with Gasteiger partial charge in [-0.15, -0.1) is 0 Å². The predicted octanol–water partition coefficient (Wildman–Crippen LogP) is 1.71. The number of unbranched alkanes of at least 4 members (excludes halogenated alkanes) is 1. The Morgan fingerprint density at radius 2 is 0.762 bits per heavy atom. The highest BCUT2D eigenvalue weighted by Gasteiger charge is 1.93. The van der Waals surface area contributed by atoms with Crippen LogP contribution in [-0.4, -0.2) is 77.6 Å². The lowest BCUT2D eigenvalue weighted by Crippen LogP contribution is -2.13. The highest BCUT2D eigenvalue weighted by atomic mass is 32.1. The first kappa shape index (κ1) is 21.5. The van der Waals surface area contributed by atoms with Gasteiger partial charge in [-0.25, -0.2) is 0 Å². The molecule has 0 fully saturated rings. The van der Waals surface area contributed by atoms with Crippen LogP contribution in [0.2, 0.25) is 0 Å². The van der Waals surface area contributed by atoms with Gasteiger partial charge in [-0.2, -0.15) is 25.3 Å². The summed E-state index contributed by atoms with van der Waals surface area (Å²) in [5.41, 5.74) is 0. The Morgan fingerprint density at radius 1 is 0.381 bits per heavy atom. The van der Waals surface area contributed by atoms with Crippen LogP contribution in [0.1, 0.15) is 12.8 Å². The molecule has 21 heavy (non-hydrogen) atoms. The lowest BCUT2D eigenvalue weighted by Gasteiger charge is -2.07. The van der Waals surface area contributed by atoms with Crippen molar-refractivity contribution in [3.63, 3.8) is 0 Å². The normalized spacial score (nSPS) is 11.1. The van der Waals surface area contributed by atoms with Gasteiger partial charge in [0.1, 0.15) is 0 Å². The third kappa shape index (κ3) is 20.5. The van der Waals surface area contributed by atoms with Crippen LogP contribution in [0.5, 0.6) is 0 Å². The van der Waals surface area contributed by atoms with E-state index in [4.69, 9.17) is 23.7 Å². The average molecular weight is 343 g/mol. The maximum atomic E-state index is 5.40. The molecular formula is C14H30O5S2. The van der Waals surface area contributed by atoms with Crippen LogP contribution in [0.3, 0.4) is 0 Å². The first-order valence-electron chi connectivity index (χ1n) is 7.52. The second kappa shape index (κ2) is 20.5. The summed E-state index contributed by atoms with van der Waals surface area (Å²) in [6, 6.07) is 0. The molecule has 128 valence electrons. The molecule has 0 aromatic carbocycles. The standard InChI is InChI=1S/C14H30O5S2/c20-13-2-1-3-15-4-5-16-6-7-17-8-9-18-10-11-19-12-14-21/h20-21H,1-14H2. The van der Waals surface area contributed by atoms with Crippen molar-refractivity contribution in [1.29, 1.82) is 0 Å². The van der Waals surface area contributed by atoms with Crippen molar-refractivity contribution in [3.8, 4) is 0 Å². The molecule has 0 saturated carbocycles. The molecule has 0 spiro atoms. The second-order valence-electron chi connectivity index (χ2n) is 4.22. The summed E-state index contributed by atoms with van der Waals surface area (Å²) in [5, 5.41) is 0. The fourth-order valence-electron chi connectivity index (χ4n) is 1.36. The average Bonchev–Trinajstić information content (AvgIpc) is 2.50. The molecule has 0 N–H and O–H groups in total. The van der Waals surface area contributed by atoms with E-state index in [0.717, 1.165) is 31.0 Å². The van der Waals surface area contributed by atoms with E-state index in [1.807, 2.05) is 0 Å². The summed E-state index contributed by atoms with van der Waals surface area (Å²) >= 11 is 8.18. The molecule has 0 unspecified atom stereocenters. The second-order valence-corrected chi connectivity index (χ2v) is 5.11. The monoisotopic (exact) mass is 342 g/mol. The predicted molar refractivity (Wildman–Crippen MR) is 91.0 cm³/mol. The summed E-state index contributed by atoms with van der Waals surface area (Å²) in [7, 11) is 0. The lowest BCUT2D eigenvalue weighted by atomic mass is 10.4. The topological polar surface area (TPSA) is 46.2 Å². The van der Waals surface area contributed by atoms with Gasteiger partial charge in [-0.05, 0) is 18.6 Å².